The van der Waals surface area contributed by atoms with Gasteiger partial charge in [0, 0.05) is 34.0 Å². The van der Waals surface area contributed by atoms with Crippen molar-refractivity contribution in [3.8, 4) is 0 Å². The number of carboxylic acid groups (broad SMARTS) is 1. The van der Waals surface area contributed by atoms with Crippen LogP contribution in [-0.2, 0) is 0 Å². The number of carbonyl (C=O) groups is 1. The van der Waals surface area contributed by atoms with Crippen LogP contribution in [0, 0.1) is 0 Å². The van der Waals surface area contributed by atoms with E-state index in [9.17, 15) is 4.79 Å². The molecule has 1 aromatic carbocycles. The van der Waals surface area contributed by atoms with Gasteiger partial charge < -0.3 is 5.11 Å². The van der Waals surface area contributed by atoms with E-state index in [4.69, 9.17) is 5.11 Å². The second-order valence-corrected chi connectivity index (χ2v) is 2.73. The quantitative estimate of drug-likeness (QED) is 0.738. The van der Waals surface area contributed by atoms with Crippen molar-refractivity contribution in [2.45, 2.75) is 0 Å². The summed E-state index contributed by atoms with van der Waals surface area (Å²) in [6, 6.07) is 6.49. The first kappa shape index (κ1) is 11.2. The van der Waals surface area contributed by atoms with Gasteiger partial charge in [0.2, 0.25) is 0 Å². The second-order valence-electron chi connectivity index (χ2n) is 1.81. The molecule has 53 valence electrons. The van der Waals surface area contributed by atoms with Gasteiger partial charge in [0.15, 0.2) is 0 Å². The van der Waals surface area contributed by atoms with E-state index in [1.54, 1.807) is 24.3 Å². The molecule has 0 aliphatic heterocycles. The fourth-order valence-corrected chi connectivity index (χ4v) is 0.857. The van der Waals surface area contributed by atoms with E-state index in [-0.39, 0.29) is 29.6 Å². The predicted octanol–water partition coefficient (Wildman–Crippen LogP) is 1.77. The SMILES string of the molecule is O=C(O)c1ccc(Br)cc1.[Na]. The molecule has 4 heteroatoms. The Hall–Kier alpha value is 0.170. The van der Waals surface area contributed by atoms with Crippen molar-refractivity contribution in [1.29, 1.82) is 0 Å². The monoisotopic (exact) mass is 223 g/mol. The van der Waals surface area contributed by atoms with Gasteiger partial charge in [0.05, 0.1) is 5.56 Å². The van der Waals surface area contributed by atoms with E-state index in [2.05, 4.69) is 15.9 Å². The van der Waals surface area contributed by atoms with Crippen LogP contribution in [0.4, 0.5) is 0 Å². The van der Waals surface area contributed by atoms with Gasteiger partial charge in [-0.25, -0.2) is 4.79 Å². The molecular formula is C7H5BrNaO2. The molecule has 0 aromatic heterocycles. The number of aromatic carboxylic acids is 1. The van der Waals surface area contributed by atoms with Gasteiger partial charge in [-0.2, -0.15) is 0 Å². The van der Waals surface area contributed by atoms with Crippen molar-refractivity contribution >= 4 is 51.5 Å². The van der Waals surface area contributed by atoms with Crippen LogP contribution in [-0.4, -0.2) is 40.6 Å². The number of halogens is 1. The molecule has 0 spiro atoms. The summed E-state index contributed by atoms with van der Waals surface area (Å²) in [5, 5.41) is 8.46. The van der Waals surface area contributed by atoms with Crippen molar-refractivity contribution in [3.05, 3.63) is 34.3 Å². The minimum Gasteiger partial charge on any atom is -0.478 e. The minimum absolute atomic E-state index is 0. The summed E-state index contributed by atoms with van der Waals surface area (Å²) < 4.78 is 0.887. The van der Waals surface area contributed by atoms with Crippen molar-refractivity contribution in [1.82, 2.24) is 0 Å². The van der Waals surface area contributed by atoms with E-state index < -0.39 is 5.97 Å². The molecule has 1 N–H and O–H groups in total. The number of carboxylic acids is 1. The maximum Gasteiger partial charge on any atom is 0.335 e. The Morgan fingerprint density at radius 3 is 2.09 bits per heavy atom. The molecule has 0 saturated carbocycles. The fraction of sp³-hybridized carbons (Fsp3) is 0. The summed E-state index contributed by atoms with van der Waals surface area (Å²) in [6.07, 6.45) is 0. The van der Waals surface area contributed by atoms with Gasteiger partial charge in [0.1, 0.15) is 0 Å². The maximum atomic E-state index is 10.3. The van der Waals surface area contributed by atoms with Gasteiger partial charge in [-0.3, -0.25) is 0 Å². The molecule has 1 aromatic rings. The molecule has 0 heterocycles. The Bertz CT molecular complexity index is 245. The molecule has 0 unspecified atom stereocenters. The van der Waals surface area contributed by atoms with Crippen LogP contribution >= 0.6 is 15.9 Å². The van der Waals surface area contributed by atoms with E-state index in [0.717, 1.165) is 4.47 Å². The third-order valence-electron chi connectivity index (χ3n) is 1.09. The van der Waals surface area contributed by atoms with Gasteiger partial charge in [-0.1, -0.05) is 15.9 Å². The standard InChI is InChI=1S/C7H5BrO2.Na/c8-6-3-1-5(2-4-6)7(9)10;/h1-4H,(H,9,10);. The van der Waals surface area contributed by atoms with E-state index >= 15 is 0 Å². The minimum atomic E-state index is -0.896. The molecule has 2 nitrogen and oxygen atoms in total. The average Bonchev–Trinajstić information content (AvgIpc) is 1.88. The van der Waals surface area contributed by atoms with E-state index in [0.29, 0.717) is 5.56 Å². The van der Waals surface area contributed by atoms with Crippen LogP contribution in [0.1, 0.15) is 10.4 Å². The summed E-state index contributed by atoms with van der Waals surface area (Å²) in [4.78, 5) is 10.3. The van der Waals surface area contributed by atoms with Gasteiger partial charge in [-0.15, -0.1) is 0 Å². The Kier molecular flexibility index (Phi) is 5.01. The predicted molar refractivity (Wildman–Crippen MR) is 46.9 cm³/mol. The smallest absolute Gasteiger partial charge is 0.335 e. The van der Waals surface area contributed by atoms with Crippen LogP contribution < -0.4 is 0 Å². The summed E-state index contributed by atoms with van der Waals surface area (Å²) in [5.74, 6) is -0.896. The van der Waals surface area contributed by atoms with Crippen molar-refractivity contribution < 1.29 is 9.90 Å². The number of rotatable bonds is 1. The first-order valence-electron chi connectivity index (χ1n) is 2.69. The number of hydrogen-bond donors (Lipinski definition) is 1. The molecule has 0 amide bonds. The molecule has 0 fully saturated rings. The Labute approximate surface area is 95.0 Å². The number of hydrogen-bond acceptors (Lipinski definition) is 1. The summed E-state index contributed by atoms with van der Waals surface area (Å²) >= 11 is 3.20. The maximum absolute atomic E-state index is 10.3. The third kappa shape index (κ3) is 3.38. The first-order chi connectivity index (χ1) is 4.70. The number of benzene rings is 1. The molecule has 0 aliphatic rings. The average molecular weight is 224 g/mol. The van der Waals surface area contributed by atoms with E-state index in [1.165, 1.54) is 0 Å². The van der Waals surface area contributed by atoms with Crippen LogP contribution in [0.3, 0.4) is 0 Å². The zero-order chi connectivity index (χ0) is 7.56. The van der Waals surface area contributed by atoms with Gasteiger partial charge >= 0.3 is 5.97 Å². The zero-order valence-electron chi connectivity index (χ0n) is 6.04. The van der Waals surface area contributed by atoms with Crippen molar-refractivity contribution in [3.63, 3.8) is 0 Å². The van der Waals surface area contributed by atoms with Crippen LogP contribution in [0.5, 0.6) is 0 Å². The first-order valence-corrected chi connectivity index (χ1v) is 3.48. The van der Waals surface area contributed by atoms with Crippen molar-refractivity contribution in [2.24, 2.45) is 0 Å². The molecule has 0 bridgehead atoms. The summed E-state index contributed by atoms with van der Waals surface area (Å²) in [6.45, 7) is 0. The molecule has 0 saturated heterocycles. The van der Waals surface area contributed by atoms with Crippen LogP contribution in [0.2, 0.25) is 0 Å². The molecule has 0 aliphatic carbocycles. The summed E-state index contributed by atoms with van der Waals surface area (Å²) in [7, 11) is 0. The normalized spacial score (nSPS) is 8.45. The van der Waals surface area contributed by atoms with Crippen LogP contribution in [0.15, 0.2) is 28.7 Å². The molecule has 11 heavy (non-hydrogen) atoms. The Balaban J connectivity index is 0.000001000. The second kappa shape index (κ2) is 4.93. The molecule has 1 radical (unpaired) electrons. The zero-order valence-corrected chi connectivity index (χ0v) is 9.63. The van der Waals surface area contributed by atoms with Gasteiger partial charge in [0.25, 0.3) is 0 Å². The largest absolute Gasteiger partial charge is 0.478 e. The Morgan fingerprint density at radius 2 is 1.73 bits per heavy atom. The topological polar surface area (TPSA) is 37.3 Å². The van der Waals surface area contributed by atoms with Crippen molar-refractivity contribution in [2.75, 3.05) is 0 Å². The molecule has 1 rings (SSSR count). The fourth-order valence-electron chi connectivity index (χ4n) is 0.592. The molecule has 0 atom stereocenters. The third-order valence-corrected chi connectivity index (χ3v) is 1.62. The summed E-state index contributed by atoms with van der Waals surface area (Å²) in [5.41, 5.74) is 0.309. The molecular weight excluding hydrogens is 219 g/mol. The Morgan fingerprint density at radius 1 is 1.27 bits per heavy atom. The van der Waals surface area contributed by atoms with Crippen LogP contribution in [0.25, 0.3) is 0 Å². The van der Waals surface area contributed by atoms with E-state index in [1.807, 2.05) is 0 Å². The van der Waals surface area contributed by atoms with Gasteiger partial charge in [-0.05, 0) is 24.3 Å².